The molecule has 2 rings (SSSR count). The molecule has 18 heavy (non-hydrogen) atoms. The zero-order valence-electron chi connectivity index (χ0n) is 10.5. The molecule has 1 fully saturated rings. The van der Waals surface area contributed by atoms with E-state index in [2.05, 4.69) is 5.32 Å². The molecule has 1 aromatic rings. The van der Waals surface area contributed by atoms with Crippen molar-refractivity contribution in [3.05, 3.63) is 35.4 Å². The van der Waals surface area contributed by atoms with E-state index in [1.165, 1.54) is 0 Å². The van der Waals surface area contributed by atoms with Gasteiger partial charge in [0.1, 0.15) is 0 Å². The van der Waals surface area contributed by atoms with Gasteiger partial charge >= 0.3 is 0 Å². The SMILES string of the molecule is CC(NC(=O)c1cccc(CCl)c1)C1CCCO1. The van der Waals surface area contributed by atoms with Crippen molar-refractivity contribution < 1.29 is 9.53 Å². The van der Waals surface area contributed by atoms with Crippen molar-refractivity contribution in [2.24, 2.45) is 0 Å². The van der Waals surface area contributed by atoms with E-state index in [9.17, 15) is 4.79 Å². The topological polar surface area (TPSA) is 38.3 Å². The summed E-state index contributed by atoms with van der Waals surface area (Å²) in [6.45, 7) is 2.78. The van der Waals surface area contributed by atoms with E-state index < -0.39 is 0 Å². The molecule has 1 N–H and O–H groups in total. The second-order valence-corrected chi connectivity index (χ2v) is 4.91. The lowest BCUT2D eigenvalue weighted by Crippen LogP contribution is -2.40. The van der Waals surface area contributed by atoms with Crippen LogP contribution in [-0.4, -0.2) is 24.7 Å². The van der Waals surface area contributed by atoms with Gasteiger partial charge in [-0.3, -0.25) is 4.79 Å². The second kappa shape index (κ2) is 6.21. The second-order valence-electron chi connectivity index (χ2n) is 4.65. The number of carbonyl (C=O) groups is 1. The Kier molecular flexibility index (Phi) is 4.61. The van der Waals surface area contributed by atoms with Gasteiger partial charge in [-0.15, -0.1) is 11.6 Å². The van der Waals surface area contributed by atoms with Gasteiger partial charge in [-0.25, -0.2) is 0 Å². The zero-order valence-corrected chi connectivity index (χ0v) is 11.2. The number of ether oxygens (including phenoxy) is 1. The van der Waals surface area contributed by atoms with Gasteiger partial charge in [0.15, 0.2) is 0 Å². The first-order valence-corrected chi connectivity index (χ1v) is 6.81. The van der Waals surface area contributed by atoms with Gasteiger partial charge in [-0.1, -0.05) is 12.1 Å². The van der Waals surface area contributed by atoms with Crippen molar-refractivity contribution in [1.29, 1.82) is 0 Å². The van der Waals surface area contributed by atoms with Crippen LogP contribution in [-0.2, 0) is 10.6 Å². The van der Waals surface area contributed by atoms with Crippen LogP contribution < -0.4 is 5.32 Å². The Bertz CT molecular complexity index is 416. The van der Waals surface area contributed by atoms with E-state index in [0.29, 0.717) is 11.4 Å². The zero-order chi connectivity index (χ0) is 13.0. The summed E-state index contributed by atoms with van der Waals surface area (Å²) in [7, 11) is 0. The fraction of sp³-hybridized carbons (Fsp3) is 0.500. The molecule has 2 atom stereocenters. The van der Waals surface area contributed by atoms with Gasteiger partial charge in [-0.2, -0.15) is 0 Å². The number of nitrogens with one attached hydrogen (secondary N) is 1. The summed E-state index contributed by atoms with van der Waals surface area (Å²) in [4.78, 5) is 12.1. The highest BCUT2D eigenvalue weighted by molar-refractivity contribution is 6.17. The minimum Gasteiger partial charge on any atom is -0.376 e. The summed E-state index contributed by atoms with van der Waals surface area (Å²) in [6.07, 6.45) is 2.24. The van der Waals surface area contributed by atoms with E-state index in [0.717, 1.165) is 25.0 Å². The molecule has 1 aliphatic heterocycles. The molecule has 98 valence electrons. The average Bonchev–Trinajstić information content (AvgIpc) is 2.92. The highest BCUT2D eigenvalue weighted by atomic mass is 35.5. The third-order valence-electron chi connectivity index (χ3n) is 3.22. The maximum absolute atomic E-state index is 12.1. The number of carbonyl (C=O) groups excluding carboxylic acids is 1. The maximum Gasteiger partial charge on any atom is 0.251 e. The minimum absolute atomic E-state index is 0.0413. The Morgan fingerprint density at radius 2 is 2.44 bits per heavy atom. The maximum atomic E-state index is 12.1. The van der Waals surface area contributed by atoms with Gasteiger partial charge in [0.25, 0.3) is 5.91 Å². The Balaban J connectivity index is 1.97. The summed E-state index contributed by atoms with van der Waals surface area (Å²) in [6, 6.07) is 7.43. The van der Waals surface area contributed by atoms with Crippen molar-refractivity contribution in [3.63, 3.8) is 0 Å². The summed E-state index contributed by atoms with van der Waals surface area (Å²) >= 11 is 5.76. The Morgan fingerprint density at radius 3 is 3.11 bits per heavy atom. The molecule has 0 radical (unpaired) electrons. The predicted octanol–water partition coefficient (Wildman–Crippen LogP) is 2.72. The van der Waals surface area contributed by atoms with Crippen LogP contribution in [0.3, 0.4) is 0 Å². The molecule has 0 bridgehead atoms. The number of rotatable bonds is 4. The van der Waals surface area contributed by atoms with Crippen LogP contribution in [0.4, 0.5) is 0 Å². The minimum atomic E-state index is -0.0648. The van der Waals surface area contributed by atoms with Crippen LogP contribution >= 0.6 is 11.6 Å². The molecule has 1 aromatic carbocycles. The van der Waals surface area contributed by atoms with E-state index >= 15 is 0 Å². The van der Waals surface area contributed by atoms with Crippen molar-refractivity contribution in [2.75, 3.05) is 6.61 Å². The number of hydrogen-bond acceptors (Lipinski definition) is 2. The third kappa shape index (κ3) is 3.24. The van der Waals surface area contributed by atoms with Crippen LogP contribution in [0.25, 0.3) is 0 Å². The first-order valence-electron chi connectivity index (χ1n) is 6.28. The molecule has 0 spiro atoms. The van der Waals surface area contributed by atoms with Gasteiger partial charge in [0, 0.05) is 18.1 Å². The fourth-order valence-electron chi connectivity index (χ4n) is 2.18. The highest BCUT2D eigenvalue weighted by Gasteiger charge is 2.23. The predicted molar refractivity (Wildman–Crippen MR) is 71.9 cm³/mol. The first kappa shape index (κ1) is 13.4. The van der Waals surface area contributed by atoms with E-state index in [1.807, 2.05) is 25.1 Å². The standard InChI is InChI=1S/C14H18ClNO2/c1-10(13-6-3-7-18-13)16-14(17)12-5-2-4-11(8-12)9-15/h2,4-5,8,10,13H,3,6-7,9H2,1H3,(H,16,17). The molecule has 1 saturated heterocycles. The van der Waals surface area contributed by atoms with Gasteiger partial charge in [-0.05, 0) is 37.5 Å². The molecule has 1 aliphatic rings. The summed E-state index contributed by atoms with van der Waals surface area (Å²) in [5.74, 6) is 0.354. The van der Waals surface area contributed by atoms with Crippen LogP contribution in [0.2, 0.25) is 0 Å². The lowest BCUT2D eigenvalue weighted by molar-refractivity contribution is 0.0712. The van der Waals surface area contributed by atoms with Crippen LogP contribution in [0.1, 0.15) is 35.7 Å². The molecule has 3 nitrogen and oxygen atoms in total. The third-order valence-corrected chi connectivity index (χ3v) is 3.53. The van der Waals surface area contributed by atoms with Crippen LogP contribution in [0.5, 0.6) is 0 Å². The van der Waals surface area contributed by atoms with Crippen LogP contribution in [0, 0.1) is 0 Å². The molecule has 2 unspecified atom stereocenters. The van der Waals surface area contributed by atoms with Crippen molar-refractivity contribution in [1.82, 2.24) is 5.32 Å². The fourth-order valence-corrected chi connectivity index (χ4v) is 2.34. The van der Waals surface area contributed by atoms with E-state index in [1.54, 1.807) is 6.07 Å². The first-order chi connectivity index (χ1) is 8.70. The molecular formula is C14H18ClNO2. The molecule has 0 aliphatic carbocycles. The quantitative estimate of drug-likeness (QED) is 0.852. The average molecular weight is 268 g/mol. The lowest BCUT2D eigenvalue weighted by atomic mass is 10.1. The number of alkyl halides is 1. The monoisotopic (exact) mass is 267 g/mol. The number of hydrogen-bond donors (Lipinski definition) is 1. The number of amides is 1. The molecule has 0 saturated carbocycles. The van der Waals surface area contributed by atoms with E-state index in [4.69, 9.17) is 16.3 Å². The van der Waals surface area contributed by atoms with Gasteiger partial charge in [0.05, 0.1) is 12.1 Å². The summed E-state index contributed by atoms with van der Waals surface area (Å²) in [5, 5.41) is 2.98. The lowest BCUT2D eigenvalue weighted by Gasteiger charge is -2.20. The summed E-state index contributed by atoms with van der Waals surface area (Å²) < 4.78 is 5.56. The molecule has 1 heterocycles. The van der Waals surface area contributed by atoms with Gasteiger partial charge in [0.2, 0.25) is 0 Å². The molecule has 0 aromatic heterocycles. The molecule has 1 amide bonds. The smallest absolute Gasteiger partial charge is 0.251 e. The van der Waals surface area contributed by atoms with Gasteiger partial charge < -0.3 is 10.1 Å². The van der Waals surface area contributed by atoms with Crippen molar-refractivity contribution in [3.8, 4) is 0 Å². The number of halogens is 1. The molecule has 4 heteroatoms. The van der Waals surface area contributed by atoms with Crippen molar-refractivity contribution >= 4 is 17.5 Å². The highest BCUT2D eigenvalue weighted by Crippen LogP contribution is 2.16. The Morgan fingerprint density at radius 1 is 1.61 bits per heavy atom. The normalized spacial score (nSPS) is 20.7. The summed E-state index contributed by atoms with van der Waals surface area (Å²) in [5.41, 5.74) is 1.60. The Hall–Kier alpha value is -1.06. The van der Waals surface area contributed by atoms with Crippen molar-refractivity contribution in [2.45, 2.75) is 37.8 Å². The molecular weight excluding hydrogens is 250 g/mol. The van der Waals surface area contributed by atoms with Crippen LogP contribution in [0.15, 0.2) is 24.3 Å². The Labute approximate surface area is 112 Å². The number of benzene rings is 1. The van der Waals surface area contributed by atoms with E-state index in [-0.39, 0.29) is 18.1 Å². The largest absolute Gasteiger partial charge is 0.376 e.